The lowest BCUT2D eigenvalue weighted by Gasteiger charge is -2.15. The van der Waals surface area contributed by atoms with Crippen molar-refractivity contribution >= 4 is 27.0 Å². The zero-order valence-corrected chi connectivity index (χ0v) is 14.5. The van der Waals surface area contributed by atoms with Crippen molar-refractivity contribution in [3.8, 4) is 5.75 Å². The lowest BCUT2D eigenvalue weighted by atomic mass is 10.00. The molecule has 0 aromatic heterocycles. The summed E-state index contributed by atoms with van der Waals surface area (Å²) in [6.07, 6.45) is 0. The number of hydrogen-bond donors (Lipinski definition) is 1. The van der Waals surface area contributed by atoms with Gasteiger partial charge >= 0.3 is 0 Å². The molecule has 0 heterocycles. The van der Waals surface area contributed by atoms with Crippen molar-refractivity contribution < 1.29 is 17.9 Å². The van der Waals surface area contributed by atoms with Crippen LogP contribution >= 0.6 is 12.2 Å². The summed E-state index contributed by atoms with van der Waals surface area (Å²) in [6.45, 7) is 1.83. The van der Waals surface area contributed by atoms with E-state index >= 15 is 0 Å². The van der Waals surface area contributed by atoms with E-state index in [-0.39, 0.29) is 23.3 Å². The molecule has 0 bridgehead atoms. The number of thiocarbonyl (C=S) groups is 1. The molecule has 0 saturated heterocycles. The van der Waals surface area contributed by atoms with Crippen molar-refractivity contribution in [1.82, 2.24) is 0 Å². The molecule has 0 spiro atoms. The minimum absolute atomic E-state index is 0.0540. The molecular weight excluding hydrogens is 322 g/mol. The van der Waals surface area contributed by atoms with E-state index < -0.39 is 20.5 Å². The zero-order chi connectivity index (χ0) is 16.5. The Bertz CT molecular complexity index is 657. The van der Waals surface area contributed by atoms with E-state index in [2.05, 4.69) is 0 Å². The minimum atomic E-state index is -3.29. The second-order valence-electron chi connectivity index (χ2n) is 5.46. The second kappa shape index (κ2) is 6.14. The molecule has 0 unspecified atom stereocenters. The average molecular weight is 343 g/mol. The summed E-state index contributed by atoms with van der Waals surface area (Å²) in [4.78, 5) is 0.192. The fraction of sp³-hybridized carbons (Fsp3) is 0.533. The van der Waals surface area contributed by atoms with Crippen LogP contribution in [0.1, 0.15) is 18.4 Å². The van der Waals surface area contributed by atoms with Gasteiger partial charge in [-0.2, -0.15) is 0 Å². The van der Waals surface area contributed by atoms with Crippen molar-refractivity contribution in [2.24, 2.45) is 11.1 Å². The van der Waals surface area contributed by atoms with E-state index in [1.54, 1.807) is 26.2 Å². The molecule has 1 aromatic carbocycles. The molecule has 1 aliphatic rings. The fourth-order valence-corrected chi connectivity index (χ4v) is 5.64. The molecule has 0 aliphatic heterocycles. The van der Waals surface area contributed by atoms with Crippen molar-refractivity contribution in [2.75, 3.05) is 26.6 Å². The van der Waals surface area contributed by atoms with Crippen LogP contribution in [-0.4, -0.2) is 45.2 Å². The van der Waals surface area contributed by atoms with Crippen LogP contribution in [0.5, 0.6) is 5.75 Å². The lowest BCUT2D eigenvalue weighted by Crippen LogP contribution is -2.33. The van der Waals surface area contributed by atoms with Crippen LogP contribution in [0.15, 0.2) is 24.3 Å². The quantitative estimate of drug-likeness (QED) is 0.756. The predicted octanol–water partition coefficient (Wildman–Crippen LogP) is 1.51. The Balaban J connectivity index is 2.48. The van der Waals surface area contributed by atoms with Gasteiger partial charge in [0.15, 0.2) is 9.84 Å². The Labute approximate surface area is 136 Å². The third-order valence-corrected chi connectivity index (χ3v) is 7.01. The number of nitrogens with two attached hydrogens (primary N) is 1. The highest BCUT2D eigenvalue weighted by Crippen LogP contribution is 2.63. The summed E-state index contributed by atoms with van der Waals surface area (Å²) < 4.78 is 35.3. The van der Waals surface area contributed by atoms with E-state index in [1.807, 2.05) is 12.1 Å². The highest BCUT2D eigenvalue weighted by Gasteiger charge is 2.72. The minimum Gasteiger partial charge on any atom is -0.497 e. The SMILES string of the molecule is CCS(=O)(=O)[C@H]1[C@@H](c2ccc(OC)cc2)[C@@]1(COC)C(N)=S. The molecule has 7 heteroatoms. The molecule has 5 nitrogen and oxygen atoms in total. The molecule has 1 aliphatic carbocycles. The first kappa shape index (κ1) is 17.2. The van der Waals surface area contributed by atoms with Crippen molar-refractivity contribution in [2.45, 2.75) is 18.1 Å². The first-order valence-electron chi connectivity index (χ1n) is 6.99. The standard InChI is InChI=1S/C15H21NO4S2/c1-4-22(17,18)13-12(15(13,9-19-2)14(16)21)10-5-7-11(20-3)8-6-10/h5-8,12-13H,4,9H2,1-3H3,(H2,16,21)/t12-,13+,15-/m1/s1. The molecule has 1 saturated carbocycles. The Hall–Kier alpha value is -1.18. The van der Waals surface area contributed by atoms with Gasteiger partial charge in [0.05, 0.1) is 29.4 Å². The van der Waals surface area contributed by atoms with Gasteiger partial charge in [0, 0.05) is 18.8 Å². The van der Waals surface area contributed by atoms with Crippen LogP contribution in [0.25, 0.3) is 0 Å². The summed E-state index contributed by atoms with van der Waals surface area (Å²) in [5.41, 5.74) is 5.96. The van der Waals surface area contributed by atoms with Gasteiger partial charge in [-0.05, 0) is 17.7 Å². The van der Waals surface area contributed by atoms with Gasteiger partial charge in [-0.15, -0.1) is 0 Å². The molecule has 2 rings (SSSR count). The molecule has 2 N–H and O–H groups in total. The second-order valence-corrected chi connectivity index (χ2v) is 8.31. The molecule has 22 heavy (non-hydrogen) atoms. The first-order chi connectivity index (χ1) is 10.3. The summed E-state index contributed by atoms with van der Waals surface area (Å²) >= 11 is 5.19. The maximum absolute atomic E-state index is 12.5. The van der Waals surface area contributed by atoms with Gasteiger partial charge in [-0.1, -0.05) is 31.3 Å². The van der Waals surface area contributed by atoms with Crippen LogP contribution in [-0.2, 0) is 14.6 Å². The molecule has 3 atom stereocenters. The van der Waals surface area contributed by atoms with E-state index in [9.17, 15) is 8.42 Å². The van der Waals surface area contributed by atoms with Gasteiger partial charge in [-0.3, -0.25) is 0 Å². The predicted molar refractivity (Wildman–Crippen MR) is 90.1 cm³/mol. The molecule has 122 valence electrons. The number of ether oxygens (including phenoxy) is 2. The van der Waals surface area contributed by atoms with E-state index in [0.717, 1.165) is 5.56 Å². The van der Waals surface area contributed by atoms with Crippen LogP contribution < -0.4 is 10.5 Å². The monoisotopic (exact) mass is 343 g/mol. The summed E-state index contributed by atoms with van der Waals surface area (Å²) in [5, 5.41) is -0.629. The van der Waals surface area contributed by atoms with Crippen molar-refractivity contribution in [3.05, 3.63) is 29.8 Å². The number of hydrogen-bond acceptors (Lipinski definition) is 5. The van der Waals surface area contributed by atoms with Gasteiger partial charge in [0.2, 0.25) is 0 Å². The summed E-state index contributed by atoms with van der Waals surface area (Å²) in [6, 6.07) is 7.33. The summed E-state index contributed by atoms with van der Waals surface area (Å²) in [5.74, 6) is 0.492. The Morgan fingerprint density at radius 3 is 2.32 bits per heavy atom. The van der Waals surface area contributed by atoms with E-state index in [0.29, 0.717) is 5.75 Å². The third kappa shape index (κ3) is 2.61. The van der Waals surface area contributed by atoms with Gasteiger partial charge in [-0.25, -0.2) is 8.42 Å². The van der Waals surface area contributed by atoms with Crippen LogP contribution in [0.2, 0.25) is 0 Å². The van der Waals surface area contributed by atoms with Gasteiger partial charge < -0.3 is 15.2 Å². The molecule has 0 amide bonds. The Kier molecular flexibility index (Phi) is 4.79. The Morgan fingerprint density at radius 1 is 1.32 bits per heavy atom. The van der Waals surface area contributed by atoms with E-state index in [1.165, 1.54) is 7.11 Å². The average Bonchev–Trinajstić information content (AvgIpc) is 3.19. The smallest absolute Gasteiger partial charge is 0.154 e. The first-order valence-corrected chi connectivity index (χ1v) is 9.11. The highest BCUT2D eigenvalue weighted by atomic mass is 32.2. The van der Waals surface area contributed by atoms with Crippen LogP contribution in [0.4, 0.5) is 0 Å². The van der Waals surface area contributed by atoms with Crippen LogP contribution in [0.3, 0.4) is 0 Å². The lowest BCUT2D eigenvalue weighted by molar-refractivity contribution is 0.166. The zero-order valence-electron chi connectivity index (χ0n) is 12.9. The number of sulfone groups is 1. The maximum Gasteiger partial charge on any atom is 0.154 e. The van der Waals surface area contributed by atoms with Gasteiger partial charge in [0.1, 0.15) is 5.75 Å². The number of methoxy groups -OCH3 is 2. The van der Waals surface area contributed by atoms with Crippen molar-refractivity contribution in [1.29, 1.82) is 0 Å². The molecule has 0 radical (unpaired) electrons. The summed E-state index contributed by atoms with van der Waals surface area (Å²) in [7, 11) is -0.181. The largest absolute Gasteiger partial charge is 0.497 e. The highest BCUT2D eigenvalue weighted by molar-refractivity contribution is 7.92. The normalized spacial score (nSPS) is 27.4. The fourth-order valence-electron chi connectivity index (χ4n) is 3.17. The maximum atomic E-state index is 12.5. The molecule has 1 aromatic rings. The Morgan fingerprint density at radius 2 is 1.91 bits per heavy atom. The third-order valence-electron chi connectivity index (χ3n) is 4.36. The molecule has 1 fully saturated rings. The molecular formula is C15H21NO4S2. The number of benzene rings is 1. The van der Waals surface area contributed by atoms with E-state index in [4.69, 9.17) is 27.4 Å². The van der Waals surface area contributed by atoms with Gasteiger partial charge in [0.25, 0.3) is 0 Å². The van der Waals surface area contributed by atoms with Crippen LogP contribution in [0, 0.1) is 5.41 Å². The van der Waals surface area contributed by atoms with Crippen molar-refractivity contribution in [3.63, 3.8) is 0 Å². The topological polar surface area (TPSA) is 78.6 Å². The number of rotatable bonds is 7.